The molecule has 4 heteroatoms. The van der Waals surface area contributed by atoms with E-state index >= 15 is 0 Å². The quantitative estimate of drug-likeness (QED) is 0.350. The van der Waals surface area contributed by atoms with Crippen LogP contribution in [0.3, 0.4) is 0 Å². The fraction of sp³-hybridized carbons (Fsp3) is 0.440. The Morgan fingerprint density at radius 1 is 0.793 bits per heavy atom. The minimum absolute atomic E-state index is 0.362. The Labute approximate surface area is 175 Å². The summed E-state index contributed by atoms with van der Waals surface area (Å²) in [4.78, 5) is 0.362. The van der Waals surface area contributed by atoms with Crippen LogP contribution in [0.5, 0.6) is 0 Å². The van der Waals surface area contributed by atoms with Gasteiger partial charge in [-0.05, 0) is 56.4 Å². The first-order valence-electron chi connectivity index (χ1n) is 10.9. The Morgan fingerprint density at radius 3 is 2.07 bits per heavy atom. The lowest BCUT2D eigenvalue weighted by molar-refractivity contribution is 0.584. The smallest absolute Gasteiger partial charge is 0.238 e. The van der Waals surface area contributed by atoms with Crippen LogP contribution in [0.25, 0.3) is 10.9 Å². The van der Waals surface area contributed by atoms with Crippen LogP contribution in [0.15, 0.2) is 53.4 Å². The topological polar surface area (TPSA) is 39.1 Å². The van der Waals surface area contributed by atoms with Crippen molar-refractivity contribution < 1.29 is 8.42 Å². The van der Waals surface area contributed by atoms with Crippen LogP contribution >= 0.6 is 0 Å². The molecule has 0 saturated carbocycles. The highest BCUT2D eigenvalue weighted by Gasteiger charge is 2.26. The van der Waals surface area contributed by atoms with Crippen LogP contribution in [-0.4, -0.2) is 12.4 Å². The first-order chi connectivity index (χ1) is 14.0. The molecule has 0 N–H and O–H groups in total. The number of aryl methyl sites for hydroxylation is 2. The van der Waals surface area contributed by atoms with Crippen molar-refractivity contribution in [3.63, 3.8) is 0 Å². The Bertz CT molecular complexity index is 1050. The zero-order chi connectivity index (χ0) is 20.9. The van der Waals surface area contributed by atoms with Gasteiger partial charge in [0.25, 0.3) is 10.0 Å². The molecule has 0 aliphatic heterocycles. The van der Waals surface area contributed by atoms with Crippen LogP contribution < -0.4 is 0 Å². The fourth-order valence-corrected chi connectivity index (χ4v) is 5.65. The summed E-state index contributed by atoms with van der Waals surface area (Å²) in [5.41, 5.74) is 4.08. The molecule has 0 atom stereocenters. The summed E-state index contributed by atoms with van der Waals surface area (Å²) < 4.78 is 29.1. The summed E-state index contributed by atoms with van der Waals surface area (Å²) in [5.74, 6) is 0. The van der Waals surface area contributed by atoms with E-state index in [0.717, 1.165) is 67.1 Å². The van der Waals surface area contributed by atoms with Crippen molar-refractivity contribution >= 4 is 20.9 Å². The minimum atomic E-state index is -3.64. The molecule has 0 aliphatic carbocycles. The predicted octanol–water partition coefficient (Wildman–Crippen LogP) is 6.65. The molecule has 156 valence electrons. The molecule has 0 saturated heterocycles. The van der Waals surface area contributed by atoms with Crippen LogP contribution in [0.2, 0.25) is 0 Å². The van der Waals surface area contributed by atoms with Crippen molar-refractivity contribution in [2.45, 2.75) is 77.0 Å². The summed E-state index contributed by atoms with van der Waals surface area (Å²) in [6, 6.07) is 15.2. The zero-order valence-electron chi connectivity index (χ0n) is 17.9. The largest absolute Gasteiger partial charge is 0.268 e. The van der Waals surface area contributed by atoms with Gasteiger partial charge in [0.15, 0.2) is 0 Å². The predicted molar refractivity (Wildman–Crippen MR) is 122 cm³/mol. The second-order valence-corrected chi connectivity index (χ2v) is 9.73. The first kappa shape index (κ1) is 21.6. The van der Waals surface area contributed by atoms with Gasteiger partial charge in [0.2, 0.25) is 0 Å². The van der Waals surface area contributed by atoms with Gasteiger partial charge in [0.05, 0.1) is 10.4 Å². The molecule has 1 heterocycles. The van der Waals surface area contributed by atoms with Gasteiger partial charge in [-0.2, -0.15) is 0 Å². The van der Waals surface area contributed by atoms with Crippen molar-refractivity contribution in [1.82, 2.24) is 3.97 Å². The van der Waals surface area contributed by atoms with Crippen molar-refractivity contribution in [1.29, 1.82) is 0 Å². The summed E-state index contributed by atoms with van der Waals surface area (Å²) in [6.07, 6.45) is 8.40. The van der Waals surface area contributed by atoms with Crippen LogP contribution in [0.1, 0.15) is 69.2 Å². The minimum Gasteiger partial charge on any atom is -0.238 e. The van der Waals surface area contributed by atoms with Gasteiger partial charge in [0.1, 0.15) is 0 Å². The van der Waals surface area contributed by atoms with E-state index in [2.05, 4.69) is 19.9 Å². The normalized spacial score (nSPS) is 12.0. The average molecular weight is 412 g/mol. The summed E-state index contributed by atoms with van der Waals surface area (Å²) in [5, 5.41) is 1.09. The highest BCUT2D eigenvalue weighted by Crippen LogP contribution is 2.33. The lowest BCUT2D eigenvalue weighted by Crippen LogP contribution is -2.16. The SMILES string of the molecule is CCCCCc1c(CCCCC)n(S(=O)(=O)c2ccc(C)cc2)c2ccccc12. The van der Waals surface area contributed by atoms with Crippen molar-refractivity contribution in [2.75, 3.05) is 0 Å². The molecule has 2 aromatic carbocycles. The van der Waals surface area contributed by atoms with Crippen molar-refractivity contribution in [3.05, 3.63) is 65.4 Å². The van der Waals surface area contributed by atoms with Gasteiger partial charge >= 0.3 is 0 Å². The van der Waals surface area contributed by atoms with Gasteiger partial charge in [-0.1, -0.05) is 75.4 Å². The summed E-state index contributed by atoms with van der Waals surface area (Å²) in [7, 11) is -3.64. The number of fused-ring (bicyclic) bond motifs is 1. The third-order valence-electron chi connectivity index (χ3n) is 5.65. The van der Waals surface area contributed by atoms with Gasteiger partial charge in [-0.15, -0.1) is 0 Å². The second kappa shape index (κ2) is 9.62. The van der Waals surface area contributed by atoms with Crippen LogP contribution in [0.4, 0.5) is 0 Å². The summed E-state index contributed by atoms with van der Waals surface area (Å²) in [6.45, 7) is 6.36. The van der Waals surface area contributed by atoms with E-state index in [0.29, 0.717) is 4.90 Å². The Morgan fingerprint density at radius 2 is 1.41 bits per heavy atom. The Balaban J connectivity index is 2.20. The molecule has 1 aromatic heterocycles. The molecule has 3 rings (SSSR count). The van der Waals surface area contributed by atoms with E-state index in [1.165, 1.54) is 12.0 Å². The van der Waals surface area contributed by atoms with E-state index in [-0.39, 0.29) is 0 Å². The maximum absolute atomic E-state index is 13.7. The lowest BCUT2D eigenvalue weighted by atomic mass is 10.0. The number of hydrogen-bond donors (Lipinski definition) is 0. The first-order valence-corrected chi connectivity index (χ1v) is 12.4. The molecular formula is C25H33NO2S. The highest BCUT2D eigenvalue weighted by atomic mass is 32.2. The number of benzene rings is 2. The zero-order valence-corrected chi connectivity index (χ0v) is 18.8. The maximum atomic E-state index is 13.7. The van der Waals surface area contributed by atoms with E-state index in [4.69, 9.17) is 0 Å². The number of aromatic nitrogens is 1. The van der Waals surface area contributed by atoms with Gasteiger partial charge in [0, 0.05) is 11.1 Å². The fourth-order valence-electron chi connectivity index (χ4n) is 4.05. The molecule has 0 aliphatic rings. The van der Waals surface area contributed by atoms with E-state index in [1.54, 1.807) is 16.1 Å². The van der Waals surface area contributed by atoms with Crippen molar-refractivity contribution in [3.8, 4) is 0 Å². The molecule has 0 fully saturated rings. The van der Waals surface area contributed by atoms with Crippen LogP contribution in [0, 0.1) is 6.92 Å². The molecular weight excluding hydrogens is 378 g/mol. The highest BCUT2D eigenvalue weighted by molar-refractivity contribution is 7.90. The molecule has 29 heavy (non-hydrogen) atoms. The van der Waals surface area contributed by atoms with Crippen LogP contribution in [-0.2, 0) is 22.9 Å². The number of rotatable bonds is 10. The average Bonchev–Trinajstić information content (AvgIpc) is 3.03. The molecule has 0 radical (unpaired) electrons. The lowest BCUT2D eigenvalue weighted by Gasteiger charge is -2.14. The van der Waals surface area contributed by atoms with Gasteiger partial charge in [-0.3, -0.25) is 0 Å². The number of unbranched alkanes of at least 4 members (excludes halogenated alkanes) is 4. The second-order valence-electron chi connectivity index (χ2n) is 7.94. The standard InChI is InChI=1S/C25H33NO2S/c1-4-6-8-12-22-23-13-10-11-15-25(23)26(24(22)14-9-7-5-2)29(27,28)21-18-16-20(3)17-19-21/h10-11,13,15-19H,4-9,12,14H2,1-3H3. The number of nitrogens with zero attached hydrogens (tertiary/aromatic N) is 1. The van der Waals surface area contributed by atoms with E-state index in [1.807, 2.05) is 37.3 Å². The molecule has 3 aromatic rings. The Hall–Kier alpha value is -2.07. The maximum Gasteiger partial charge on any atom is 0.268 e. The monoisotopic (exact) mass is 411 g/mol. The van der Waals surface area contributed by atoms with E-state index in [9.17, 15) is 8.42 Å². The molecule has 0 amide bonds. The number of hydrogen-bond acceptors (Lipinski definition) is 2. The molecule has 3 nitrogen and oxygen atoms in total. The molecule has 0 bridgehead atoms. The number of para-hydroxylation sites is 1. The third-order valence-corrected chi connectivity index (χ3v) is 7.41. The Kier molecular flexibility index (Phi) is 7.18. The van der Waals surface area contributed by atoms with Gasteiger partial charge in [-0.25, -0.2) is 12.4 Å². The third kappa shape index (κ3) is 4.58. The molecule has 0 spiro atoms. The van der Waals surface area contributed by atoms with E-state index < -0.39 is 10.0 Å². The molecule has 0 unspecified atom stereocenters. The van der Waals surface area contributed by atoms with Crippen molar-refractivity contribution in [2.24, 2.45) is 0 Å². The van der Waals surface area contributed by atoms with Gasteiger partial charge < -0.3 is 0 Å². The summed E-state index contributed by atoms with van der Waals surface area (Å²) >= 11 is 0.